The van der Waals surface area contributed by atoms with E-state index in [1.807, 2.05) is 24.3 Å². The predicted octanol–water partition coefficient (Wildman–Crippen LogP) is 1.91. The Morgan fingerprint density at radius 2 is 1.61 bits per heavy atom. The van der Waals surface area contributed by atoms with Crippen LogP contribution in [0.4, 0.5) is 5.69 Å². The molecule has 38 heavy (non-hydrogen) atoms. The fourth-order valence-electron chi connectivity index (χ4n) is 3.88. The molecule has 0 aliphatic carbocycles. The first-order valence-electron chi connectivity index (χ1n) is 12.1. The van der Waals surface area contributed by atoms with Crippen molar-refractivity contribution in [3.8, 4) is 5.75 Å². The monoisotopic (exact) mass is 516 g/mol. The molecule has 1 aliphatic heterocycles. The van der Waals surface area contributed by atoms with Crippen LogP contribution in [0.1, 0.15) is 44.9 Å². The Balaban J connectivity index is 1.26. The van der Waals surface area contributed by atoms with Crippen molar-refractivity contribution in [1.29, 1.82) is 0 Å². The lowest BCUT2D eigenvalue weighted by molar-refractivity contribution is -0.131. The summed E-state index contributed by atoms with van der Waals surface area (Å²) >= 11 is 0. The van der Waals surface area contributed by atoms with Crippen LogP contribution < -0.4 is 20.7 Å². The lowest BCUT2D eigenvalue weighted by atomic mass is 10.2. The maximum atomic E-state index is 12.6. The Hall–Kier alpha value is -4.80. The van der Waals surface area contributed by atoms with Gasteiger partial charge in [-0.1, -0.05) is 24.3 Å². The van der Waals surface area contributed by atoms with Crippen LogP contribution in [0.2, 0.25) is 0 Å². The molecule has 1 aliphatic rings. The highest BCUT2D eigenvalue weighted by molar-refractivity contribution is 5.97. The van der Waals surface area contributed by atoms with Crippen molar-refractivity contribution in [3.63, 3.8) is 0 Å². The second kappa shape index (κ2) is 12.4. The number of rotatable bonds is 10. The first-order chi connectivity index (χ1) is 18.4. The highest BCUT2D eigenvalue weighted by Crippen LogP contribution is 2.13. The maximum Gasteiger partial charge on any atom is 0.270 e. The molecule has 2 aromatic carbocycles. The van der Waals surface area contributed by atoms with Gasteiger partial charge in [-0.05, 0) is 41.8 Å². The summed E-state index contributed by atoms with van der Waals surface area (Å²) in [5.41, 5.74) is 2.39. The molecule has 1 aromatic heterocycles. The van der Waals surface area contributed by atoms with Gasteiger partial charge < -0.3 is 25.6 Å². The molecule has 1 saturated heterocycles. The van der Waals surface area contributed by atoms with Crippen LogP contribution in [0.25, 0.3) is 0 Å². The van der Waals surface area contributed by atoms with E-state index < -0.39 is 11.8 Å². The van der Waals surface area contributed by atoms with Crippen LogP contribution in [0, 0.1) is 0 Å². The average Bonchev–Trinajstić information content (AvgIpc) is 3.35. The third-order valence-electron chi connectivity index (χ3n) is 5.92. The summed E-state index contributed by atoms with van der Waals surface area (Å²) in [7, 11) is 1.57. The third kappa shape index (κ3) is 7.12. The molecule has 4 rings (SSSR count). The van der Waals surface area contributed by atoms with Crippen molar-refractivity contribution in [3.05, 3.63) is 83.4 Å². The number of amides is 4. The van der Waals surface area contributed by atoms with Crippen molar-refractivity contribution in [1.82, 2.24) is 25.5 Å². The molecule has 0 unspecified atom stereocenters. The fourth-order valence-corrected chi connectivity index (χ4v) is 3.88. The van der Waals surface area contributed by atoms with Gasteiger partial charge in [-0.25, -0.2) is 9.97 Å². The van der Waals surface area contributed by atoms with Gasteiger partial charge >= 0.3 is 0 Å². The number of hydrogen-bond acceptors (Lipinski definition) is 7. The summed E-state index contributed by atoms with van der Waals surface area (Å²) < 4.78 is 5.18. The summed E-state index contributed by atoms with van der Waals surface area (Å²) in [6.07, 6.45) is 2.43. The van der Waals surface area contributed by atoms with Gasteiger partial charge in [0.1, 0.15) is 23.5 Å². The molecule has 11 heteroatoms. The van der Waals surface area contributed by atoms with Gasteiger partial charge in [0.15, 0.2) is 0 Å². The quantitative estimate of drug-likeness (QED) is 0.374. The number of likely N-dealkylation sites (tertiary alicyclic amines) is 1. The zero-order chi connectivity index (χ0) is 26.9. The Morgan fingerprint density at radius 3 is 2.24 bits per heavy atom. The summed E-state index contributed by atoms with van der Waals surface area (Å²) in [5.74, 6) is -0.463. The maximum absolute atomic E-state index is 12.6. The number of carbonyl (C=O) groups is 4. The summed E-state index contributed by atoms with van der Waals surface area (Å²) in [4.78, 5) is 58.5. The standard InChI is InChI=1S/C27H28N6O5/c1-38-21-5-2-4-19(12-21)15-29-27(37)23-13-22(30-17-31-23)26(36)28-14-18-7-9-20(10-8-18)32-24(34)16-33-11-3-6-25(33)35/h2,4-5,7-10,12-13,17H,3,6,11,14-16H2,1H3,(H,28,36)(H,29,37)(H,32,34). The van der Waals surface area contributed by atoms with Gasteiger partial charge in [-0.2, -0.15) is 0 Å². The third-order valence-corrected chi connectivity index (χ3v) is 5.92. The van der Waals surface area contributed by atoms with Crippen molar-refractivity contribution < 1.29 is 23.9 Å². The van der Waals surface area contributed by atoms with Gasteiger partial charge in [0.2, 0.25) is 11.8 Å². The molecule has 1 fully saturated rings. The Morgan fingerprint density at radius 1 is 0.921 bits per heavy atom. The molecule has 196 valence electrons. The van der Waals surface area contributed by atoms with Gasteiger partial charge in [0.25, 0.3) is 11.8 Å². The normalized spacial score (nSPS) is 12.7. The van der Waals surface area contributed by atoms with E-state index in [4.69, 9.17) is 4.74 Å². The molecule has 3 N–H and O–H groups in total. The predicted molar refractivity (Wildman–Crippen MR) is 138 cm³/mol. The molecular formula is C27H28N6O5. The molecule has 0 saturated carbocycles. The van der Waals surface area contributed by atoms with Crippen molar-refractivity contribution in [2.24, 2.45) is 0 Å². The van der Waals surface area contributed by atoms with E-state index in [0.29, 0.717) is 24.4 Å². The highest BCUT2D eigenvalue weighted by atomic mass is 16.5. The number of nitrogens with one attached hydrogen (secondary N) is 3. The van der Waals surface area contributed by atoms with Gasteiger partial charge in [0.05, 0.1) is 13.7 Å². The second-order valence-corrected chi connectivity index (χ2v) is 8.67. The number of ether oxygens (including phenoxy) is 1. The van der Waals surface area contributed by atoms with Crippen molar-refractivity contribution in [2.45, 2.75) is 25.9 Å². The van der Waals surface area contributed by atoms with E-state index in [1.165, 1.54) is 12.4 Å². The molecule has 0 atom stereocenters. The van der Waals surface area contributed by atoms with E-state index in [9.17, 15) is 19.2 Å². The number of nitrogens with zero attached hydrogens (tertiary/aromatic N) is 3. The smallest absolute Gasteiger partial charge is 0.270 e. The number of hydrogen-bond donors (Lipinski definition) is 3. The minimum absolute atomic E-state index is 0.00379. The average molecular weight is 517 g/mol. The summed E-state index contributed by atoms with van der Waals surface area (Å²) in [6.45, 7) is 1.13. The second-order valence-electron chi connectivity index (χ2n) is 8.67. The van der Waals surface area contributed by atoms with E-state index in [0.717, 1.165) is 17.5 Å². The summed E-state index contributed by atoms with van der Waals surface area (Å²) in [5, 5.41) is 8.29. The topological polar surface area (TPSA) is 143 Å². The number of anilines is 1. The van der Waals surface area contributed by atoms with Crippen LogP contribution >= 0.6 is 0 Å². The fraction of sp³-hybridized carbons (Fsp3) is 0.259. The zero-order valence-electron chi connectivity index (χ0n) is 20.9. The van der Waals surface area contributed by atoms with Crippen LogP contribution in [-0.4, -0.2) is 58.7 Å². The van der Waals surface area contributed by atoms with E-state index in [2.05, 4.69) is 25.9 Å². The van der Waals surface area contributed by atoms with Crippen LogP contribution in [0.15, 0.2) is 60.9 Å². The minimum Gasteiger partial charge on any atom is -0.497 e. The number of benzene rings is 2. The molecule has 11 nitrogen and oxygen atoms in total. The lowest BCUT2D eigenvalue weighted by Gasteiger charge is -2.15. The Bertz CT molecular complexity index is 1330. The highest BCUT2D eigenvalue weighted by Gasteiger charge is 2.22. The molecule has 2 heterocycles. The first kappa shape index (κ1) is 26.3. The lowest BCUT2D eigenvalue weighted by Crippen LogP contribution is -2.33. The first-order valence-corrected chi connectivity index (χ1v) is 12.1. The molecule has 3 aromatic rings. The molecule has 0 bridgehead atoms. The Kier molecular flexibility index (Phi) is 8.60. The van der Waals surface area contributed by atoms with Crippen LogP contribution in [0.3, 0.4) is 0 Å². The van der Waals surface area contributed by atoms with Crippen molar-refractivity contribution >= 4 is 29.3 Å². The van der Waals surface area contributed by atoms with Crippen molar-refractivity contribution in [2.75, 3.05) is 25.5 Å². The summed E-state index contributed by atoms with van der Waals surface area (Å²) in [6, 6.07) is 15.6. The van der Waals surface area contributed by atoms with Gasteiger partial charge in [0, 0.05) is 37.8 Å². The number of methoxy groups -OCH3 is 1. The van der Waals surface area contributed by atoms with Crippen LogP contribution in [0.5, 0.6) is 5.75 Å². The van der Waals surface area contributed by atoms with E-state index >= 15 is 0 Å². The number of aromatic nitrogens is 2. The number of carbonyl (C=O) groups excluding carboxylic acids is 4. The molecule has 0 radical (unpaired) electrons. The minimum atomic E-state index is -0.457. The largest absolute Gasteiger partial charge is 0.497 e. The molecular weight excluding hydrogens is 488 g/mol. The van der Waals surface area contributed by atoms with Crippen LogP contribution in [-0.2, 0) is 22.7 Å². The van der Waals surface area contributed by atoms with E-state index in [1.54, 1.807) is 36.3 Å². The van der Waals surface area contributed by atoms with Gasteiger partial charge in [-0.15, -0.1) is 0 Å². The zero-order valence-corrected chi connectivity index (χ0v) is 20.9. The Labute approximate surface area is 219 Å². The van der Waals surface area contributed by atoms with E-state index in [-0.39, 0.29) is 42.8 Å². The van der Waals surface area contributed by atoms with Gasteiger partial charge in [-0.3, -0.25) is 19.2 Å². The molecule has 0 spiro atoms. The molecule has 4 amide bonds. The SMILES string of the molecule is COc1cccc(CNC(=O)c2cc(C(=O)NCc3ccc(NC(=O)CN4CCCC4=O)cc3)ncn2)c1.